The lowest BCUT2D eigenvalue weighted by molar-refractivity contribution is -0.143. The predicted octanol–water partition coefficient (Wildman–Crippen LogP) is 2.15. The summed E-state index contributed by atoms with van der Waals surface area (Å²) < 4.78 is 10.9. The number of halogens is 1. The quantitative estimate of drug-likeness (QED) is 0.672. The van der Waals surface area contributed by atoms with Gasteiger partial charge < -0.3 is 19.3 Å². The van der Waals surface area contributed by atoms with Gasteiger partial charge in [0, 0.05) is 25.6 Å². The predicted molar refractivity (Wildman–Crippen MR) is 70.1 cm³/mol. The van der Waals surface area contributed by atoms with E-state index in [2.05, 4.69) is 11.5 Å². The van der Waals surface area contributed by atoms with Crippen molar-refractivity contribution in [3.8, 4) is 0 Å². The molecule has 4 nitrogen and oxygen atoms in total. The van der Waals surface area contributed by atoms with E-state index in [9.17, 15) is 0 Å². The van der Waals surface area contributed by atoms with Crippen LogP contribution in [0.4, 0.5) is 0 Å². The zero-order valence-corrected chi connectivity index (χ0v) is 11.7. The maximum absolute atomic E-state index is 5.47. The molecule has 16 heavy (non-hydrogen) atoms. The molecule has 0 aliphatic carbocycles. The first kappa shape index (κ1) is 15.5. The summed E-state index contributed by atoms with van der Waals surface area (Å²) in [6.07, 6.45) is 5.66. The summed E-state index contributed by atoms with van der Waals surface area (Å²) in [4.78, 5) is 4.15. The maximum Gasteiger partial charge on any atom is 0.174 e. The first-order valence-corrected chi connectivity index (χ1v) is 5.34. The first-order valence-electron chi connectivity index (χ1n) is 5.34. The van der Waals surface area contributed by atoms with E-state index in [-0.39, 0.29) is 23.3 Å². The minimum atomic E-state index is -0.144. The Kier molecular flexibility index (Phi) is 8.33. The van der Waals surface area contributed by atoms with Crippen molar-refractivity contribution in [1.29, 1.82) is 0 Å². The highest BCUT2D eigenvalue weighted by Gasteiger charge is 2.15. The largest absolute Gasteiger partial charge is 0.353 e. The third-order valence-corrected chi connectivity index (χ3v) is 2.14. The van der Waals surface area contributed by atoms with Gasteiger partial charge in [0.05, 0.1) is 13.2 Å². The molecular formula is C11H21BrN2O2. The molecule has 0 saturated heterocycles. The van der Waals surface area contributed by atoms with Crippen molar-refractivity contribution in [3.05, 3.63) is 25.2 Å². The van der Waals surface area contributed by atoms with Crippen LogP contribution in [0.25, 0.3) is 0 Å². The van der Waals surface area contributed by atoms with E-state index < -0.39 is 0 Å². The van der Waals surface area contributed by atoms with E-state index in [0.717, 1.165) is 13.2 Å². The molecule has 0 bridgehead atoms. The summed E-state index contributed by atoms with van der Waals surface area (Å²) in [6, 6.07) is 0. The van der Waals surface area contributed by atoms with Crippen LogP contribution in [-0.2, 0) is 9.47 Å². The van der Waals surface area contributed by atoms with Gasteiger partial charge in [-0.1, -0.05) is 6.58 Å². The zero-order chi connectivity index (χ0) is 11.1. The molecule has 0 atom stereocenters. The lowest BCUT2D eigenvalue weighted by Crippen LogP contribution is -2.33. The Labute approximate surface area is 108 Å². The molecule has 0 amide bonds. The average Bonchev–Trinajstić information content (AvgIpc) is 2.66. The number of hydrogen-bond donors (Lipinski definition) is 0. The van der Waals surface area contributed by atoms with Gasteiger partial charge in [0.2, 0.25) is 0 Å². The highest BCUT2D eigenvalue weighted by molar-refractivity contribution is 8.93. The Hall–Kier alpha value is -0.520. The molecule has 0 spiro atoms. The van der Waals surface area contributed by atoms with Crippen molar-refractivity contribution in [1.82, 2.24) is 9.80 Å². The second-order valence-corrected chi connectivity index (χ2v) is 3.25. The van der Waals surface area contributed by atoms with Crippen molar-refractivity contribution in [2.75, 3.05) is 26.4 Å². The second kappa shape index (κ2) is 8.61. The zero-order valence-electron chi connectivity index (χ0n) is 9.96. The van der Waals surface area contributed by atoms with E-state index in [1.807, 2.05) is 31.1 Å². The molecule has 94 valence electrons. The molecular weight excluding hydrogens is 272 g/mol. The molecule has 0 aromatic heterocycles. The van der Waals surface area contributed by atoms with Crippen LogP contribution >= 0.6 is 17.0 Å². The molecule has 0 fully saturated rings. The highest BCUT2D eigenvalue weighted by atomic mass is 79.9. The van der Waals surface area contributed by atoms with Crippen molar-refractivity contribution in [2.24, 2.45) is 0 Å². The smallest absolute Gasteiger partial charge is 0.174 e. The lowest BCUT2D eigenvalue weighted by atomic mass is 10.5. The molecule has 1 heterocycles. The Morgan fingerprint density at radius 1 is 1.31 bits per heavy atom. The number of nitrogens with zero attached hydrogens (tertiary/aromatic N) is 2. The van der Waals surface area contributed by atoms with Gasteiger partial charge in [-0.2, -0.15) is 0 Å². The maximum atomic E-state index is 5.47. The van der Waals surface area contributed by atoms with E-state index in [1.165, 1.54) is 0 Å². The van der Waals surface area contributed by atoms with Crippen LogP contribution in [0.2, 0.25) is 0 Å². The van der Waals surface area contributed by atoms with E-state index in [1.54, 1.807) is 6.20 Å². The monoisotopic (exact) mass is 292 g/mol. The van der Waals surface area contributed by atoms with Crippen molar-refractivity contribution < 1.29 is 9.47 Å². The fourth-order valence-electron chi connectivity index (χ4n) is 1.44. The second-order valence-electron chi connectivity index (χ2n) is 3.25. The van der Waals surface area contributed by atoms with Crippen LogP contribution in [-0.4, -0.2) is 42.5 Å². The Morgan fingerprint density at radius 2 is 1.94 bits per heavy atom. The van der Waals surface area contributed by atoms with E-state index in [4.69, 9.17) is 9.47 Å². The molecule has 0 unspecified atom stereocenters. The molecule has 1 aliphatic heterocycles. The summed E-state index contributed by atoms with van der Waals surface area (Å²) in [5.41, 5.74) is 0. The number of ether oxygens (including phenoxy) is 2. The van der Waals surface area contributed by atoms with Gasteiger partial charge in [-0.25, -0.2) is 0 Å². The molecule has 0 N–H and O–H groups in total. The van der Waals surface area contributed by atoms with Crippen molar-refractivity contribution >= 4 is 17.0 Å². The average molecular weight is 293 g/mol. The Morgan fingerprint density at radius 3 is 2.38 bits per heavy atom. The molecule has 0 saturated carbocycles. The molecule has 0 radical (unpaired) electrons. The Bertz CT molecular complexity index is 218. The summed E-state index contributed by atoms with van der Waals surface area (Å²) in [7, 11) is 0. The van der Waals surface area contributed by atoms with Crippen LogP contribution in [0.1, 0.15) is 13.8 Å². The normalized spacial score (nSPS) is 14.4. The molecule has 1 rings (SSSR count). The van der Waals surface area contributed by atoms with Crippen molar-refractivity contribution in [2.45, 2.75) is 20.1 Å². The van der Waals surface area contributed by atoms with Gasteiger partial charge in [-0.15, -0.1) is 17.0 Å². The fraction of sp³-hybridized carbons (Fsp3) is 0.636. The van der Waals surface area contributed by atoms with Gasteiger partial charge in [-0.3, -0.25) is 0 Å². The standard InChI is InChI=1S/C11H20N2O2.BrH/c1-4-12-7-8-13(10-12)9-11(14-5-2)15-6-3;/h4,7-8,11H,1,5-6,9-10H2,2-3H3;1H. The first-order chi connectivity index (χ1) is 7.30. The third-order valence-electron chi connectivity index (χ3n) is 2.14. The fourth-order valence-corrected chi connectivity index (χ4v) is 1.44. The Balaban J connectivity index is 0.00000225. The van der Waals surface area contributed by atoms with Gasteiger partial charge in [0.15, 0.2) is 6.29 Å². The van der Waals surface area contributed by atoms with Gasteiger partial charge >= 0.3 is 0 Å². The summed E-state index contributed by atoms with van der Waals surface area (Å²) in [5.74, 6) is 0. The molecule has 0 aromatic rings. The summed E-state index contributed by atoms with van der Waals surface area (Å²) >= 11 is 0. The number of rotatable bonds is 7. The van der Waals surface area contributed by atoms with Gasteiger partial charge in [-0.05, 0) is 20.0 Å². The lowest BCUT2D eigenvalue weighted by Gasteiger charge is -2.24. The topological polar surface area (TPSA) is 24.9 Å². The minimum absolute atomic E-state index is 0. The van der Waals surface area contributed by atoms with Crippen LogP contribution in [0.3, 0.4) is 0 Å². The van der Waals surface area contributed by atoms with Crippen LogP contribution in [0.15, 0.2) is 25.2 Å². The molecule has 5 heteroatoms. The third kappa shape index (κ3) is 5.01. The molecule has 0 aromatic carbocycles. The minimum Gasteiger partial charge on any atom is -0.353 e. The van der Waals surface area contributed by atoms with Crippen LogP contribution in [0.5, 0.6) is 0 Å². The van der Waals surface area contributed by atoms with Crippen LogP contribution in [0, 0.1) is 0 Å². The van der Waals surface area contributed by atoms with Gasteiger partial charge in [0.25, 0.3) is 0 Å². The summed E-state index contributed by atoms with van der Waals surface area (Å²) in [6.45, 7) is 10.6. The SMILES string of the molecule is Br.C=CN1C=CN(CC(OCC)OCC)C1. The van der Waals surface area contributed by atoms with E-state index in [0.29, 0.717) is 13.2 Å². The summed E-state index contributed by atoms with van der Waals surface area (Å²) in [5, 5.41) is 0. The van der Waals surface area contributed by atoms with Crippen LogP contribution < -0.4 is 0 Å². The number of hydrogen-bond acceptors (Lipinski definition) is 4. The van der Waals surface area contributed by atoms with Crippen molar-refractivity contribution in [3.63, 3.8) is 0 Å². The van der Waals surface area contributed by atoms with Gasteiger partial charge in [0.1, 0.15) is 0 Å². The van der Waals surface area contributed by atoms with E-state index >= 15 is 0 Å². The highest BCUT2D eigenvalue weighted by Crippen LogP contribution is 2.08. The molecule has 1 aliphatic rings.